The van der Waals surface area contributed by atoms with Crippen LogP contribution in [-0.4, -0.2) is 45.1 Å². The molecule has 0 saturated carbocycles. The normalized spacial score (nSPS) is 11.0. The molecular weight excluding hydrogens is 458 g/mol. The average molecular weight is 484 g/mol. The number of ether oxygens (including phenoxy) is 1. The van der Waals surface area contributed by atoms with E-state index in [1.807, 2.05) is 77.5 Å². The molecule has 176 valence electrons. The van der Waals surface area contributed by atoms with Crippen LogP contribution in [0.4, 0.5) is 0 Å². The zero-order valence-electron chi connectivity index (χ0n) is 19.3. The number of thioether (sulfide) groups is 1. The summed E-state index contributed by atoms with van der Waals surface area (Å²) >= 11 is 1.37. The lowest BCUT2D eigenvalue weighted by atomic mass is 10.1. The highest BCUT2D eigenvalue weighted by molar-refractivity contribution is 7.99. The number of carbonyl (C=O) groups excluding carboxylic acids is 1. The van der Waals surface area contributed by atoms with Crippen LogP contribution in [0, 0.1) is 0 Å². The van der Waals surface area contributed by atoms with Gasteiger partial charge in [0.25, 0.3) is 0 Å². The van der Waals surface area contributed by atoms with Crippen molar-refractivity contribution in [3.8, 4) is 22.8 Å². The second-order valence-corrected chi connectivity index (χ2v) is 8.90. The number of rotatable bonds is 9. The molecular formula is C27H25N5O2S. The number of para-hydroxylation sites is 2. The fourth-order valence-corrected chi connectivity index (χ4v) is 4.76. The number of fused-ring (bicyclic) bond motifs is 1. The van der Waals surface area contributed by atoms with Gasteiger partial charge in [0, 0.05) is 34.9 Å². The molecule has 0 bridgehead atoms. The number of carbonyl (C=O) groups is 1. The summed E-state index contributed by atoms with van der Waals surface area (Å²) in [6, 6.07) is 25.8. The molecule has 35 heavy (non-hydrogen) atoms. The number of aromatic nitrogens is 4. The van der Waals surface area contributed by atoms with Gasteiger partial charge in [-0.3, -0.25) is 9.36 Å². The molecule has 0 aliphatic rings. The van der Waals surface area contributed by atoms with Crippen molar-refractivity contribution in [3.05, 3.63) is 90.6 Å². The van der Waals surface area contributed by atoms with E-state index in [0.717, 1.165) is 28.9 Å². The highest BCUT2D eigenvalue weighted by atomic mass is 32.2. The Balaban J connectivity index is 1.28. The predicted molar refractivity (Wildman–Crippen MR) is 139 cm³/mol. The van der Waals surface area contributed by atoms with E-state index in [4.69, 9.17) is 4.74 Å². The maximum atomic E-state index is 12.6. The Morgan fingerprint density at radius 1 is 1.03 bits per heavy atom. The molecule has 0 spiro atoms. The predicted octanol–water partition coefficient (Wildman–Crippen LogP) is 4.88. The first-order valence-electron chi connectivity index (χ1n) is 11.3. The van der Waals surface area contributed by atoms with E-state index in [-0.39, 0.29) is 11.7 Å². The molecule has 5 aromatic rings. The second kappa shape index (κ2) is 10.5. The molecule has 0 fully saturated rings. The smallest absolute Gasteiger partial charge is 0.230 e. The van der Waals surface area contributed by atoms with Crippen molar-refractivity contribution in [1.29, 1.82) is 0 Å². The van der Waals surface area contributed by atoms with Crippen LogP contribution in [0.3, 0.4) is 0 Å². The molecule has 0 saturated heterocycles. The lowest BCUT2D eigenvalue weighted by Gasteiger charge is -2.11. The summed E-state index contributed by atoms with van der Waals surface area (Å²) in [5.41, 5.74) is 4.12. The molecule has 1 amide bonds. The van der Waals surface area contributed by atoms with Gasteiger partial charge in [-0.25, -0.2) is 0 Å². The number of amides is 1. The second-order valence-electron chi connectivity index (χ2n) is 7.96. The molecule has 3 aromatic carbocycles. The number of H-pyrrole nitrogens is 1. The van der Waals surface area contributed by atoms with Gasteiger partial charge in [0.2, 0.25) is 5.91 Å². The Morgan fingerprint density at radius 3 is 2.71 bits per heavy atom. The van der Waals surface area contributed by atoms with E-state index < -0.39 is 0 Å². The van der Waals surface area contributed by atoms with Crippen LogP contribution in [0.5, 0.6) is 5.75 Å². The Labute approximate surface area is 207 Å². The van der Waals surface area contributed by atoms with Gasteiger partial charge in [-0.15, -0.1) is 10.2 Å². The fourth-order valence-electron chi connectivity index (χ4n) is 3.98. The third-order valence-electron chi connectivity index (χ3n) is 5.70. The van der Waals surface area contributed by atoms with Crippen LogP contribution in [0.1, 0.15) is 5.56 Å². The lowest BCUT2D eigenvalue weighted by Crippen LogP contribution is -2.27. The van der Waals surface area contributed by atoms with Gasteiger partial charge >= 0.3 is 0 Å². The van der Waals surface area contributed by atoms with E-state index in [1.165, 1.54) is 22.7 Å². The summed E-state index contributed by atoms with van der Waals surface area (Å²) in [6.07, 6.45) is 2.77. The Kier molecular flexibility index (Phi) is 6.81. The van der Waals surface area contributed by atoms with Gasteiger partial charge in [0.15, 0.2) is 11.0 Å². The number of benzene rings is 3. The Hall–Kier alpha value is -4.04. The first-order chi connectivity index (χ1) is 17.2. The number of nitrogens with zero attached hydrogens (tertiary/aromatic N) is 3. The van der Waals surface area contributed by atoms with E-state index in [1.54, 1.807) is 7.11 Å². The van der Waals surface area contributed by atoms with Gasteiger partial charge in [-0.2, -0.15) is 0 Å². The van der Waals surface area contributed by atoms with Crippen molar-refractivity contribution in [2.45, 2.75) is 11.6 Å². The van der Waals surface area contributed by atoms with Crippen LogP contribution in [-0.2, 0) is 11.2 Å². The van der Waals surface area contributed by atoms with Crippen LogP contribution in [0.15, 0.2) is 90.2 Å². The minimum atomic E-state index is -0.0413. The SMILES string of the molecule is COc1cccc(-c2nnc(SCC(=O)NCCc3c[nH]c4ccccc34)n2-c2ccccc2)c1. The molecule has 8 heteroatoms. The maximum Gasteiger partial charge on any atom is 0.230 e. The van der Waals surface area contributed by atoms with Gasteiger partial charge in [0.05, 0.1) is 12.9 Å². The van der Waals surface area contributed by atoms with Crippen molar-refractivity contribution in [3.63, 3.8) is 0 Å². The maximum absolute atomic E-state index is 12.6. The minimum absolute atomic E-state index is 0.0413. The average Bonchev–Trinajstić information content (AvgIpc) is 3.52. The van der Waals surface area contributed by atoms with Gasteiger partial charge in [-0.05, 0) is 42.3 Å². The molecule has 0 atom stereocenters. The number of hydrogen-bond donors (Lipinski definition) is 2. The van der Waals surface area contributed by atoms with Crippen molar-refractivity contribution in [1.82, 2.24) is 25.1 Å². The molecule has 0 radical (unpaired) electrons. The number of aromatic amines is 1. The Morgan fingerprint density at radius 2 is 1.86 bits per heavy atom. The molecule has 0 aliphatic heterocycles. The standard InChI is InChI=1S/C27H25N5O2S/c1-34-22-11-7-8-19(16-22)26-30-31-27(32(26)21-9-3-2-4-10-21)35-18-25(33)28-15-14-20-17-29-24-13-6-5-12-23(20)24/h2-13,16-17,29H,14-15,18H2,1H3,(H,28,33). The summed E-state index contributed by atoms with van der Waals surface area (Å²) in [5.74, 6) is 1.64. The molecule has 0 aliphatic carbocycles. The van der Waals surface area contributed by atoms with Crippen molar-refractivity contribution in [2.75, 3.05) is 19.4 Å². The molecule has 2 N–H and O–H groups in total. The monoisotopic (exact) mass is 483 g/mol. The Bertz CT molecular complexity index is 1440. The first-order valence-corrected chi connectivity index (χ1v) is 12.3. The van der Waals surface area contributed by atoms with Crippen LogP contribution < -0.4 is 10.1 Å². The summed E-state index contributed by atoms with van der Waals surface area (Å²) in [4.78, 5) is 15.9. The zero-order chi connectivity index (χ0) is 24.0. The van der Waals surface area contributed by atoms with Crippen molar-refractivity contribution >= 4 is 28.6 Å². The highest BCUT2D eigenvalue weighted by Gasteiger charge is 2.17. The molecule has 0 unspecified atom stereocenters. The number of nitrogens with one attached hydrogen (secondary N) is 2. The van der Waals surface area contributed by atoms with Crippen LogP contribution >= 0.6 is 11.8 Å². The van der Waals surface area contributed by atoms with Gasteiger partial charge in [-0.1, -0.05) is 60.3 Å². The topological polar surface area (TPSA) is 84.8 Å². The number of methoxy groups -OCH3 is 1. The van der Waals surface area contributed by atoms with E-state index in [9.17, 15) is 4.79 Å². The first kappa shape index (κ1) is 22.7. The molecule has 7 nitrogen and oxygen atoms in total. The highest BCUT2D eigenvalue weighted by Crippen LogP contribution is 2.29. The largest absolute Gasteiger partial charge is 0.497 e. The zero-order valence-corrected chi connectivity index (χ0v) is 20.1. The van der Waals surface area contributed by atoms with Crippen LogP contribution in [0.25, 0.3) is 28.0 Å². The van der Waals surface area contributed by atoms with Crippen molar-refractivity contribution in [2.24, 2.45) is 0 Å². The summed E-state index contributed by atoms with van der Waals surface area (Å²) in [6.45, 7) is 0.571. The molecule has 5 rings (SSSR count). The summed E-state index contributed by atoms with van der Waals surface area (Å²) in [7, 11) is 1.64. The molecule has 2 aromatic heterocycles. The summed E-state index contributed by atoms with van der Waals surface area (Å²) < 4.78 is 7.35. The van der Waals surface area contributed by atoms with E-state index in [0.29, 0.717) is 17.5 Å². The third kappa shape index (κ3) is 5.07. The fraction of sp³-hybridized carbons (Fsp3) is 0.148. The van der Waals surface area contributed by atoms with Gasteiger partial charge < -0.3 is 15.0 Å². The van der Waals surface area contributed by atoms with E-state index >= 15 is 0 Å². The third-order valence-corrected chi connectivity index (χ3v) is 6.63. The quantitative estimate of drug-likeness (QED) is 0.292. The minimum Gasteiger partial charge on any atom is -0.497 e. The van der Waals surface area contributed by atoms with E-state index in [2.05, 4.69) is 32.6 Å². The number of hydrogen-bond acceptors (Lipinski definition) is 5. The molecule has 2 heterocycles. The summed E-state index contributed by atoms with van der Waals surface area (Å²) in [5, 5.41) is 13.7. The van der Waals surface area contributed by atoms with Gasteiger partial charge in [0.1, 0.15) is 5.75 Å². The lowest BCUT2D eigenvalue weighted by molar-refractivity contribution is -0.118. The van der Waals surface area contributed by atoms with Crippen LogP contribution in [0.2, 0.25) is 0 Å². The van der Waals surface area contributed by atoms with Crippen molar-refractivity contribution < 1.29 is 9.53 Å².